The van der Waals surface area contributed by atoms with Gasteiger partial charge in [-0.15, -0.1) is 0 Å². The molecule has 4 aromatic rings. The molecular formula is C29H31N7O4. The van der Waals surface area contributed by atoms with Crippen LogP contribution in [0.3, 0.4) is 0 Å². The van der Waals surface area contributed by atoms with Crippen LogP contribution in [-0.4, -0.2) is 74.5 Å². The summed E-state index contributed by atoms with van der Waals surface area (Å²) in [5, 5.41) is 19.9. The van der Waals surface area contributed by atoms with Crippen LogP contribution in [0.15, 0.2) is 66.7 Å². The molecule has 0 radical (unpaired) electrons. The number of piperidine rings is 1. The van der Waals surface area contributed by atoms with Crippen molar-refractivity contribution in [3.63, 3.8) is 0 Å². The number of hydrogen-bond acceptors (Lipinski definition) is 7. The van der Waals surface area contributed by atoms with Crippen molar-refractivity contribution in [1.29, 1.82) is 0 Å². The number of fused-ring (bicyclic) bond motifs is 1. The molecule has 0 unspecified atom stereocenters. The number of nitrogens with zero attached hydrogens (tertiary/aromatic N) is 3. The number of anilines is 2. The third-order valence-corrected chi connectivity index (χ3v) is 7.01. The van der Waals surface area contributed by atoms with Crippen LogP contribution < -0.4 is 16.0 Å². The van der Waals surface area contributed by atoms with Crippen LogP contribution in [0.25, 0.3) is 22.4 Å². The van der Waals surface area contributed by atoms with E-state index in [-0.39, 0.29) is 37.7 Å². The Bertz CT molecular complexity index is 1510. The average molecular weight is 542 g/mol. The summed E-state index contributed by atoms with van der Waals surface area (Å²) in [5.41, 5.74) is 1.25. The highest BCUT2D eigenvalue weighted by atomic mass is 16.4. The van der Waals surface area contributed by atoms with Crippen molar-refractivity contribution in [3.8, 4) is 11.4 Å². The Kier molecular flexibility index (Phi) is 7.63. The first-order chi connectivity index (χ1) is 19.3. The quantitative estimate of drug-likeness (QED) is 0.202. The number of carboxylic acid groups (broad SMARTS) is 1. The smallest absolute Gasteiger partial charge is 0.329 e. The second-order valence-corrected chi connectivity index (χ2v) is 9.79. The minimum absolute atomic E-state index is 0.124. The summed E-state index contributed by atoms with van der Waals surface area (Å²) >= 11 is 0. The summed E-state index contributed by atoms with van der Waals surface area (Å²) in [4.78, 5) is 51.2. The molecule has 0 atom stereocenters. The zero-order valence-corrected chi connectivity index (χ0v) is 22.1. The number of carbonyl (C=O) groups excluding carboxylic acids is 2. The molecule has 1 fully saturated rings. The number of benzene rings is 2. The molecule has 2 aromatic heterocycles. The minimum atomic E-state index is -1.15. The second kappa shape index (κ2) is 11.4. The average Bonchev–Trinajstić information content (AvgIpc) is 3.41. The summed E-state index contributed by atoms with van der Waals surface area (Å²) in [5.74, 6) is -0.260. The molecule has 11 heteroatoms. The predicted molar refractivity (Wildman–Crippen MR) is 152 cm³/mol. The lowest BCUT2D eigenvalue weighted by atomic mass is 9.87. The molecular weight excluding hydrogens is 510 g/mol. The predicted octanol–water partition coefficient (Wildman–Crippen LogP) is 3.34. The Morgan fingerprint density at radius 2 is 1.65 bits per heavy atom. The molecule has 3 heterocycles. The number of amides is 2. The van der Waals surface area contributed by atoms with E-state index in [0.29, 0.717) is 41.5 Å². The zero-order valence-electron chi connectivity index (χ0n) is 22.1. The van der Waals surface area contributed by atoms with Crippen LogP contribution in [-0.2, 0) is 9.59 Å². The van der Waals surface area contributed by atoms with Gasteiger partial charge in [-0.05, 0) is 31.0 Å². The van der Waals surface area contributed by atoms with Gasteiger partial charge in [0.1, 0.15) is 22.7 Å². The SMILES string of the molecule is CC(=O)NCCNc1nc(-c2ccccc2)nc2[nH]c(C(=O)N3CCC(Nc4ccccc4)(C(=O)O)CC3)cc12. The molecule has 0 aliphatic carbocycles. The summed E-state index contributed by atoms with van der Waals surface area (Å²) in [6.45, 7) is 2.87. The zero-order chi connectivity index (χ0) is 28.1. The van der Waals surface area contributed by atoms with E-state index in [9.17, 15) is 19.5 Å². The lowest BCUT2D eigenvalue weighted by Gasteiger charge is -2.39. The van der Waals surface area contributed by atoms with Crippen LogP contribution in [0.5, 0.6) is 0 Å². The number of H-pyrrole nitrogens is 1. The van der Waals surface area contributed by atoms with Crippen molar-refractivity contribution in [2.75, 3.05) is 36.8 Å². The Labute approximate surface area is 231 Å². The highest BCUT2D eigenvalue weighted by Gasteiger charge is 2.42. The number of para-hydroxylation sites is 1. The van der Waals surface area contributed by atoms with E-state index in [4.69, 9.17) is 4.98 Å². The molecule has 0 spiro atoms. The topological polar surface area (TPSA) is 152 Å². The maximum absolute atomic E-state index is 13.5. The Hall–Kier alpha value is -4.93. The Morgan fingerprint density at radius 1 is 0.975 bits per heavy atom. The molecule has 11 nitrogen and oxygen atoms in total. The van der Waals surface area contributed by atoms with Crippen molar-refractivity contribution in [3.05, 3.63) is 72.4 Å². The number of carboxylic acids is 1. The molecule has 40 heavy (non-hydrogen) atoms. The monoisotopic (exact) mass is 541 g/mol. The van der Waals surface area contributed by atoms with Gasteiger partial charge in [0.2, 0.25) is 5.91 Å². The minimum Gasteiger partial charge on any atom is -0.480 e. The van der Waals surface area contributed by atoms with Gasteiger partial charge in [-0.2, -0.15) is 0 Å². The first-order valence-corrected chi connectivity index (χ1v) is 13.1. The highest BCUT2D eigenvalue weighted by Crippen LogP contribution is 2.30. The lowest BCUT2D eigenvalue weighted by Crippen LogP contribution is -2.55. The van der Waals surface area contributed by atoms with Crippen molar-refractivity contribution in [1.82, 2.24) is 25.2 Å². The van der Waals surface area contributed by atoms with E-state index < -0.39 is 11.5 Å². The fraction of sp³-hybridized carbons (Fsp3) is 0.276. The van der Waals surface area contributed by atoms with E-state index in [0.717, 1.165) is 11.3 Å². The maximum Gasteiger partial charge on any atom is 0.329 e. The fourth-order valence-electron chi connectivity index (χ4n) is 4.85. The third-order valence-electron chi connectivity index (χ3n) is 7.01. The van der Waals surface area contributed by atoms with Crippen molar-refractivity contribution >= 4 is 40.3 Å². The number of hydrogen-bond donors (Lipinski definition) is 5. The summed E-state index contributed by atoms with van der Waals surface area (Å²) in [6.07, 6.45) is 0.522. The molecule has 206 valence electrons. The number of likely N-dealkylation sites (tertiary alicyclic amines) is 1. The number of rotatable bonds is 9. The first-order valence-electron chi connectivity index (χ1n) is 13.1. The second-order valence-electron chi connectivity index (χ2n) is 9.79. The third kappa shape index (κ3) is 5.73. The van der Waals surface area contributed by atoms with Gasteiger partial charge in [-0.25, -0.2) is 14.8 Å². The molecule has 1 aliphatic heterocycles. The van der Waals surface area contributed by atoms with E-state index in [1.54, 1.807) is 11.0 Å². The van der Waals surface area contributed by atoms with E-state index in [1.165, 1.54) is 6.92 Å². The van der Waals surface area contributed by atoms with E-state index in [2.05, 4.69) is 25.9 Å². The number of nitrogens with one attached hydrogen (secondary N) is 4. The molecule has 2 amide bonds. The van der Waals surface area contributed by atoms with Crippen molar-refractivity contribution in [2.45, 2.75) is 25.3 Å². The molecule has 1 saturated heterocycles. The maximum atomic E-state index is 13.5. The molecule has 5 N–H and O–H groups in total. The highest BCUT2D eigenvalue weighted by molar-refractivity contribution is 6.00. The van der Waals surface area contributed by atoms with Gasteiger partial charge < -0.3 is 30.9 Å². The van der Waals surface area contributed by atoms with Gasteiger partial charge in [0.15, 0.2) is 5.82 Å². The first kappa shape index (κ1) is 26.7. The van der Waals surface area contributed by atoms with Gasteiger partial charge in [-0.3, -0.25) is 9.59 Å². The number of aliphatic carboxylic acids is 1. The van der Waals surface area contributed by atoms with Crippen LogP contribution in [0, 0.1) is 0 Å². The van der Waals surface area contributed by atoms with Gasteiger partial charge in [0, 0.05) is 44.4 Å². The van der Waals surface area contributed by atoms with Gasteiger partial charge in [0.25, 0.3) is 5.91 Å². The Balaban J connectivity index is 1.37. The number of carbonyl (C=O) groups is 3. The van der Waals surface area contributed by atoms with Crippen LogP contribution in [0.2, 0.25) is 0 Å². The molecule has 2 aromatic carbocycles. The standard InChI is InChI=1S/C29H31N7O4/c1-19(37)30-14-15-31-25-22-18-23(32-26(22)34-24(33-25)20-8-4-2-5-9-20)27(38)36-16-12-29(13-17-36,28(39)40)35-21-10-6-3-7-11-21/h2-11,18,35H,12-17H2,1H3,(H,30,37)(H,39,40)(H2,31,32,33,34). The molecule has 1 aliphatic rings. The van der Waals surface area contributed by atoms with Crippen molar-refractivity contribution in [2.24, 2.45) is 0 Å². The fourth-order valence-corrected chi connectivity index (χ4v) is 4.85. The van der Waals surface area contributed by atoms with Crippen LogP contribution in [0.1, 0.15) is 30.3 Å². The molecule has 0 bridgehead atoms. The van der Waals surface area contributed by atoms with E-state index in [1.807, 2.05) is 60.7 Å². The Morgan fingerprint density at radius 3 is 2.30 bits per heavy atom. The molecule has 0 saturated carbocycles. The van der Waals surface area contributed by atoms with Gasteiger partial charge >= 0.3 is 5.97 Å². The van der Waals surface area contributed by atoms with Crippen molar-refractivity contribution < 1.29 is 19.5 Å². The summed E-state index contributed by atoms with van der Waals surface area (Å²) in [6, 6.07) is 20.5. The van der Waals surface area contributed by atoms with Gasteiger partial charge in [-0.1, -0.05) is 48.5 Å². The van der Waals surface area contributed by atoms with E-state index >= 15 is 0 Å². The lowest BCUT2D eigenvalue weighted by molar-refractivity contribution is -0.143. The summed E-state index contributed by atoms with van der Waals surface area (Å²) in [7, 11) is 0. The number of aromatic amines is 1. The largest absolute Gasteiger partial charge is 0.480 e. The number of aromatic nitrogens is 3. The normalized spacial score (nSPS) is 14.5. The van der Waals surface area contributed by atoms with Crippen LogP contribution in [0.4, 0.5) is 11.5 Å². The van der Waals surface area contributed by atoms with Gasteiger partial charge in [0.05, 0.1) is 5.39 Å². The molecule has 5 rings (SSSR count). The van der Waals surface area contributed by atoms with Crippen LogP contribution >= 0.6 is 0 Å². The summed E-state index contributed by atoms with van der Waals surface area (Å²) < 4.78 is 0.